The van der Waals surface area contributed by atoms with Gasteiger partial charge >= 0.3 is 0 Å². The Morgan fingerprint density at radius 3 is 2.83 bits per heavy atom. The Morgan fingerprint density at radius 1 is 1.24 bits per heavy atom. The zero-order chi connectivity index (χ0) is 20.4. The maximum atomic E-state index is 13.9. The van der Waals surface area contributed by atoms with E-state index < -0.39 is 0 Å². The Kier molecular flexibility index (Phi) is 5.40. The number of benzene rings is 2. The number of oxazole rings is 1. The molecule has 7 heteroatoms. The number of likely N-dealkylation sites (N-methyl/N-ethyl adjacent to an activating group) is 1. The molecule has 0 aliphatic carbocycles. The minimum atomic E-state index is -0.288. The summed E-state index contributed by atoms with van der Waals surface area (Å²) in [5, 5.41) is 0. The first-order valence-corrected chi connectivity index (χ1v) is 10.2. The molecule has 0 bridgehead atoms. The van der Waals surface area contributed by atoms with Crippen LogP contribution in [0.15, 0.2) is 52.4 Å². The zero-order valence-electron chi connectivity index (χ0n) is 16.2. The van der Waals surface area contributed by atoms with Crippen LogP contribution in [0, 0.1) is 12.7 Å². The monoisotopic (exact) mass is 409 g/mol. The van der Waals surface area contributed by atoms with E-state index in [4.69, 9.17) is 4.42 Å². The summed E-state index contributed by atoms with van der Waals surface area (Å²) in [5.41, 5.74) is 5.07. The van der Waals surface area contributed by atoms with Crippen molar-refractivity contribution in [3.63, 3.8) is 0 Å². The second-order valence-electron chi connectivity index (χ2n) is 6.90. The summed E-state index contributed by atoms with van der Waals surface area (Å²) in [6.07, 6.45) is 1.04. The van der Waals surface area contributed by atoms with Crippen LogP contribution in [-0.2, 0) is 12.8 Å². The maximum Gasteiger partial charge on any atom is 0.253 e. The summed E-state index contributed by atoms with van der Waals surface area (Å²) in [6.45, 7) is 2.58. The maximum absolute atomic E-state index is 13.9. The highest BCUT2D eigenvalue weighted by Crippen LogP contribution is 2.21. The van der Waals surface area contributed by atoms with E-state index in [0.29, 0.717) is 34.7 Å². The number of halogens is 1. The number of fused-ring (bicyclic) bond motifs is 1. The molecule has 0 aliphatic rings. The number of nitrogens with zero attached hydrogens (tertiary/aromatic N) is 3. The lowest BCUT2D eigenvalue weighted by Gasteiger charge is -2.16. The summed E-state index contributed by atoms with van der Waals surface area (Å²) < 4.78 is 19.6. The summed E-state index contributed by atoms with van der Waals surface area (Å²) in [6, 6.07) is 11.8. The van der Waals surface area contributed by atoms with Gasteiger partial charge in [0.05, 0.1) is 17.6 Å². The Labute approximate surface area is 171 Å². The fourth-order valence-corrected chi connectivity index (χ4v) is 3.91. The van der Waals surface area contributed by atoms with Gasteiger partial charge in [-0.3, -0.25) is 4.79 Å². The molecule has 1 amide bonds. The van der Waals surface area contributed by atoms with Gasteiger partial charge in [0.1, 0.15) is 11.3 Å². The molecule has 4 aromatic rings. The number of rotatable bonds is 6. The first kappa shape index (κ1) is 19.3. The summed E-state index contributed by atoms with van der Waals surface area (Å²) >= 11 is 1.61. The molecule has 0 aliphatic heterocycles. The highest BCUT2D eigenvalue weighted by Gasteiger charge is 2.16. The quantitative estimate of drug-likeness (QED) is 0.466. The molecule has 0 unspecified atom stereocenters. The first-order chi connectivity index (χ1) is 14.0. The van der Waals surface area contributed by atoms with Crippen LogP contribution in [0.1, 0.15) is 32.4 Å². The van der Waals surface area contributed by atoms with E-state index in [1.807, 2.05) is 12.4 Å². The Morgan fingerprint density at radius 2 is 2.07 bits per heavy atom. The standard InChI is InChI=1S/C22H20FN3O2S/c1-14-20(29-13-24-14)9-10-26(2)22(27)16-7-8-18-19(11-16)28-21(25-18)12-15-5-3-4-6-17(15)23/h3-8,11,13H,9-10,12H2,1-2H3. The number of carbonyl (C=O) groups is 1. The Balaban J connectivity index is 1.48. The number of hydrogen-bond acceptors (Lipinski definition) is 5. The molecule has 2 heterocycles. The van der Waals surface area contributed by atoms with Crippen LogP contribution in [0.3, 0.4) is 0 Å². The van der Waals surface area contributed by atoms with Crippen LogP contribution in [0.2, 0.25) is 0 Å². The van der Waals surface area contributed by atoms with Gasteiger partial charge in [-0.15, -0.1) is 11.3 Å². The third kappa shape index (κ3) is 4.19. The van der Waals surface area contributed by atoms with E-state index in [9.17, 15) is 9.18 Å². The van der Waals surface area contributed by atoms with Crippen molar-refractivity contribution in [3.05, 3.63) is 81.4 Å². The molecule has 0 N–H and O–H groups in total. The lowest BCUT2D eigenvalue weighted by Crippen LogP contribution is -2.28. The number of aryl methyl sites for hydroxylation is 1. The van der Waals surface area contributed by atoms with Crippen LogP contribution in [-0.4, -0.2) is 34.4 Å². The molecule has 4 rings (SSSR count). The molecule has 2 aromatic heterocycles. The number of amides is 1. The van der Waals surface area contributed by atoms with E-state index in [-0.39, 0.29) is 18.1 Å². The van der Waals surface area contributed by atoms with Crippen molar-refractivity contribution in [2.45, 2.75) is 19.8 Å². The molecule has 0 spiro atoms. The van der Waals surface area contributed by atoms with Crippen molar-refractivity contribution in [1.82, 2.24) is 14.9 Å². The average molecular weight is 409 g/mol. The van der Waals surface area contributed by atoms with E-state index in [1.54, 1.807) is 59.7 Å². The SMILES string of the molecule is Cc1ncsc1CCN(C)C(=O)c1ccc2nc(Cc3ccccc3F)oc2c1. The van der Waals surface area contributed by atoms with Crippen molar-refractivity contribution in [3.8, 4) is 0 Å². The number of aromatic nitrogens is 2. The second kappa shape index (κ2) is 8.13. The fraction of sp³-hybridized carbons (Fsp3) is 0.227. The molecule has 2 aromatic carbocycles. The molecule has 0 fully saturated rings. The smallest absolute Gasteiger partial charge is 0.253 e. The van der Waals surface area contributed by atoms with Crippen molar-refractivity contribution in [1.29, 1.82) is 0 Å². The predicted octanol–water partition coefficient (Wildman–Crippen LogP) is 4.64. The van der Waals surface area contributed by atoms with Crippen molar-refractivity contribution in [2.24, 2.45) is 0 Å². The van der Waals surface area contributed by atoms with Crippen LogP contribution in [0.4, 0.5) is 4.39 Å². The van der Waals surface area contributed by atoms with Crippen molar-refractivity contribution < 1.29 is 13.6 Å². The number of hydrogen-bond donors (Lipinski definition) is 0. The highest BCUT2D eigenvalue weighted by molar-refractivity contribution is 7.09. The lowest BCUT2D eigenvalue weighted by atomic mass is 10.1. The van der Waals surface area contributed by atoms with Gasteiger partial charge in [0.2, 0.25) is 0 Å². The van der Waals surface area contributed by atoms with Gasteiger partial charge in [-0.1, -0.05) is 18.2 Å². The fourth-order valence-electron chi connectivity index (χ4n) is 3.14. The van der Waals surface area contributed by atoms with Crippen molar-refractivity contribution in [2.75, 3.05) is 13.6 Å². The van der Waals surface area contributed by atoms with E-state index in [1.165, 1.54) is 10.9 Å². The minimum absolute atomic E-state index is 0.0823. The molecule has 148 valence electrons. The van der Waals surface area contributed by atoms with Crippen LogP contribution >= 0.6 is 11.3 Å². The zero-order valence-corrected chi connectivity index (χ0v) is 17.0. The van der Waals surface area contributed by atoms with E-state index in [2.05, 4.69) is 9.97 Å². The van der Waals surface area contributed by atoms with Gasteiger partial charge in [-0.25, -0.2) is 14.4 Å². The normalized spacial score (nSPS) is 11.1. The largest absolute Gasteiger partial charge is 0.440 e. The predicted molar refractivity (Wildman–Crippen MR) is 111 cm³/mol. The number of carbonyl (C=O) groups excluding carboxylic acids is 1. The van der Waals surface area contributed by atoms with Gasteiger partial charge in [0, 0.05) is 30.5 Å². The lowest BCUT2D eigenvalue weighted by molar-refractivity contribution is 0.0797. The molecule has 0 saturated carbocycles. The third-order valence-electron chi connectivity index (χ3n) is 4.85. The molecule has 0 atom stereocenters. The van der Waals surface area contributed by atoms with E-state index >= 15 is 0 Å². The molecule has 0 saturated heterocycles. The van der Waals surface area contributed by atoms with Gasteiger partial charge in [-0.2, -0.15) is 0 Å². The topological polar surface area (TPSA) is 59.2 Å². The summed E-state index contributed by atoms with van der Waals surface area (Å²) in [7, 11) is 1.78. The minimum Gasteiger partial charge on any atom is -0.440 e. The van der Waals surface area contributed by atoms with Gasteiger partial charge in [0.15, 0.2) is 11.5 Å². The molecule has 29 heavy (non-hydrogen) atoms. The molecule has 0 radical (unpaired) electrons. The van der Waals surface area contributed by atoms with Crippen LogP contribution < -0.4 is 0 Å². The Bertz CT molecular complexity index is 1170. The van der Waals surface area contributed by atoms with Crippen LogP contribution in [0.5, 0.6) is 0 Å². The van der Waals surface area contributed by atoms with Crippen LogP contribution in [0.25, 0.3) is 11.1 Å². The average Bonchev–Trinajstić information content (AvgIpc) is 3.31. The first-order valence-electron chi connectivity index (χ1n) is 9.28. The summed E-state index contributed by atoms with van der Waals surface area (Å²) in [5.74, 6) is 0.0493. The second-order valence-corrected chi connectivity index (χ2v) is 7.84. The van der Waals surface area contributed by atoms with Gasteiger partial charge in [-0.05, 0) is 36.8 Å². The third-order valence-corrected chi connectivity index (χ3v) is 5.84. The molecular weight excluding hydrogens is 389 g/mol. The summed E-state index contributed by atoms with van der Waals surface area (Å²) in [4.78, 5) is 24.3. The molecule has 5 nitrogen and oxygen atoms in total. The van der Waals surface area contributed by atoms with Crippen molar-refractivity contribution >= 4 is 28.3 Å². The highest BCUT2D eigenvalue weighted by atomic mass is 32.1. The van der Waals surface area contributed by atoms with E-state index in [0.717, 1.165) is 12.1 Å². The molecular formula is C22H20FN3O2S. The Hall–Kier alpha value is -3.06. The van der Waals surface area contributed by atoms with Gasteiger partial charge in [0.25, 0.3) is 5.91 Å². The number of thiazole rings is 1. The van der Waals surface area contributed by atoms with Gasteiger partial charge < -0.3 is 9.32 Å².